The minimum atomic E-state index is -0.744. The van der Waals surface area contributed by atoms with Gasteiger partial charge in [0.25, 0.3) is 0 Å². The number of aliphatic carboxylic acids is 1. The average Bonchev–Trinajstić information content (AvgIpc) is 3.25. The largest absolute Gasteiger partial charge is 0.481 e. The number of hydrogen-bond acceptors (Lipinski definition) is 2. The predicted molar refractivity (Wildman–Crippen MR) is 91.7 cm³/mol. The van der Waals surface area contributed by atoms with Crippen molar-refractivity contribution in [3.05, 3.63) is 48.0 Å². The van der Waals surface area contributed by atoms with Gasteiger partial charge in [-0.1, -0.05) is 42.5 Å². The van der Waals surface area contributed by atoms with Gasteiger partial charge in [0, 0.05) is 12.0 Å². The van der Waals surface area contributed by atoms with E-state index in [-0.39, 0.29) is 29.7 Å². The van der Waals surface area contributed by atoms with E-state index in [0.29, 0.717) is 12.8 Å². The van der Waals surface area contributed by atoms with Crippen LogP contribution in [0.4, 0.5) is 0 Å². The first kappa shape index (κ1) is 15.2. The zero-order chi connectivity index (χ0) is 16.7. The number of carbonyl (C=O) groups excluding carboxylic acids is 1. The van der Waals surface area contributed by atoms with Crippen LogP contribution in [0.3, 0.4) is 0 Å². The van der Waals surface area contributed by atoms with Crippen LogP contribution in [-0.4, -0.2) is 23.0 Å². The summed E-state index contributed by atoms with van der Waals surface area (Å²) in [5, 5.41) is 14.6. The Labute approximate surface area is 140 Å². The molecule has 0 spiro atoms. The van der Waals surface area contributed by atoms with E-state index in [2.05, 4.69) is 35.6 Å². The molecule has 2 unspecified atom stereocenters. The van der Waals surface area contributed by atoms with Crippen molar-refractivity contribution >= 4 is 22.6 Å². The molecule has 2 aromatic carbocycles. The number of benzene rings is 2. The molecule has 124 valence electrons. The predicted octanol–water partition coefficient (Wildman–Crippen LogP) is 3.31. The molecule has 24 heavy (non-hydrogen) atoms. The van der Waals surface area contributed by atoms with Crippen LogP contribution >= 0.6 is 0 Å². The van der Waals surface area contributed by atoms with Crippen molar-refractivity contribution in [2.75, 3.05) is 0 Å². The van der Waals surface area contributed by atoms with Crippen LogP contribution in [0, 0.1) is 11.8 Å². The van der Waals surface area contributed by atoms with Crippen molar-refractivity contribution in [1.29, 1.82) is 0 Å². The van der Waals surface area contributed by atoms with Crippen LogP contribution in [-0.2, 0) is 9.59 Å². The summed E-state index contributed by atoms with van der Waals surface area (Å²) in [6.45, 7) is 0. The zero-order valence-corrected chi connectivity index (χ0v) is 13.4. The molecular weight excluding hydrogens is 302 g/mol. The number of carboxylic acids is 1. The van der Waals surface area contributed by atoms with Gasteiger partial charge in [-0.05, 0) is 47.9 Å². The van der Waals surface area contributed by atoms with Crippen LogP contribution in [0.2, 0.25) is 0 Å². The number of hydrogen-bond donors (Lipinski definition) is 2. The van der Waals surface area contributed by atoms with Crippen LogP contribution in [0.25, 0.3) is 10.8 Å². The van der Waals surface area contributed by atoms with E-state index < -0.39 is 5.97 Å². The molecule has 2 fully saturated rings. The number of carboxylic acid groups (broad SMARTS) is 1. The lowest BCUT2D eigenvalue weighted by Crippen LogP contribution is -2.34. The first-order valence-electron chi connectivity index (χ1n) is 8.64. The summed E-state index contributed by atoms with van der Waals surface area (Å²) in [6, 6.07) is 14.6. The van der Waals surface area contributed by atoms with Gasteiger partial charge in [0.05, 0.1) is 5.92 Å². The standard InChI is InChI=1S/C20H21NO3/c22-19(21-14-9-8-13(10-14)20(23)24)18-11-17(18)16-7-3-5-12-4-1-2-6-15(12)16/h1-7,13-14,17-18H,8-11H2,(H,21,22)(H,23,24)/t13-,14+,17?,18?/m0/s1. The van der Waals surface area contributed by atoms with Gasteiger partial charge in [-0.15, -0.1) is 0 Å². The Morgan fingerprint density at radius 3 is 2.58 bits per heavy atom. The molecule has 2 aromatic rings. The topological polar surface area (TPSA) is 66.4 Å². The lowest BCUT2D eigenvalue weighted by Gasteiger charge is -2.12. The molecule has 4 nitrogen and oxygen atoms in total. The molecule has 0 aliphatic heterocycles. The Balaban J connectivity index is 1.43. The van der Waals surface area contributed by atoms with Gasteiger partial charge in [-0.25, -0.2) is 0 Å². The smallest absolute Gasteiger partial charge is 0.306 e. The monoisotopic (exact) mass is 323 g/mol. The fraction of sp³-hybridized carbons (Fsp3) is 0.400. The molecule has 0 aromatic heterocycles. The van der Waals surface area contributed by atoms with Crippen molar-refractivity contribution < 1.29 is 14.7 Å². The molecule has 2 aliphatic rings. The molecule has 0 heterocycles. The fourth-order valence-electron chi connectivity index (χ4n) is 4.05. The van der Waals surface area contributed by atoms with Gasteiger partial charge in [-0.3, -0.25) is 9.59 Å². The SMILES string of the molecule is O=C(N[C@@H]1CC[C@H](C(=O)O)C1)C1CC1c1cccc2ccccc12. The maximum Gasteiger partial charge on any atom is 0.306 e. The highest BCUT2D eigenvalue weighted by atomic mass is 16.4. The first-order valence-corrected chi connectivity index (χ1v) is 8.64. The molecule has 0 bridgehead atoms. The molecule has 4 atom stereocenters. The summed E-state index contributed by atoms with van der Waals surface area (Å²) in [6.07, 6.45) is 2.88. The summed E-state index contributed by atoms with van der Waals surface area (Å²) in [5.41, 5.74) is 1.25. The summed E-state index contributed by atoms with van der Waals surface area (Å²) in [4.78, 5) is 23.5. The summed E-state index contributed by atoms with van der Waals surface area (Å²) in [7, 11) is 0. The average molecular weight is 323 g/mol. The van der Waals surface area contributed by atoms with Gasteiger partial charge in [0.15, 0.2) is 0 Å². The highest BCUT2D eigenvalue weighted by molar-refractivity contribution is 5.89. The van der Waals surface area contributed by atoms with Crippen LogP contribution in [0.15, 0.2) is 42.5 Å². The lowest BCUT2D eigenvalue weighted by molar-refractivity contribution is -0.141. The highest BCUT2D eigenvalue weighted by Gasteiger charge is 2.45. The first-order chi connectivity index (χ1) is 11.6. The molecule has 4 rings (SSSR count). The van der Waals surface area contributed by atoms with Crippen molar-refractivity contribution in [3.63, 3.8) is 0 Å². The Morgan fingerprint density at radius 2 is 1.79 bits per heavy atom. The normalized spacial score (nSPS) is 28.7. The Hall–Kier alpha value is -2.36. The van der Waals surface area contributed by atoms with Gasteiger partial charge in [0.2, 0.25) is 5.91 Å². The van der Waals surface area contributed by atoms with Crippen molar-refractivity contribution in [2.45, 2.75) is 37.6 Å². The number of rotatable bonds is 4. The van der Waals surface area contributed by atoms with Crippen LogP contribution in [0.5, 0.6) is 0 Å². The zero-order valence-electron chi connectivity index (χ0n) is 13.4. The van der Waals surface area contributed by atoms with Crippen molar-refractivity contribution in [2.24, 2.45) is 11.8 Å². The van der Waals surface area contributed by atoms with Crippen molar-refractivity contribution in [3.8, 4) is 0 Å². The maximum absolute atomic E-state index is 12.5. The van der Waals surface area contributed by atoms with Gasteiger partial charge < -0.3 is 10.4 Å². The molecule has 2 aliphatic carbocycles. The second-order valence-corrected chi connectivity index (χ2v) is 7.07. The van der Waals surface area contributed by atoms with E-state index in [1.54, 1.807) is 0 Å². The molecule has 0 radical (unpaired) electrons. The van der Waals surface area contributed by atoms with E-state index in [0.717, 1.165) is 12.8 Å². The number of nitrogens with one attached hydrogen (secondary N) is 1. The minimum absolute atomic E-state index is 0.0207. The Kier molecular flexibility index (Phi) is 3.75. The van der Waals surface area contributed by atoms with Gasteiger partial charge in [-0.2, -0.15) is 0 Å². The molecular formula is C20H21NO3. The second kappa shape index (κ2) is 5.93. The van der Waals surface area contributed by atoms with Crippen molar-refractivity contribution in [1.82, 2.24) is 5.32 Å². The number of amides is 1. The van der Waals surface area contributed by atoms with Crippen LogP contribution < -0.4 is 5.32 Å². The number of carbonyl (C=O) groups is 2. The summed E-state index contributed by atoms with van der Waals surface area (Å²) < 4.78 is 0. The molecule has 4 heteroatoms. The third-order valence-corrected chi connectivity index (χ3v) is 5.48. The van der Waals surface area contributed by atoms with E-state index in [1.807, 2.05) is 12.1 Å². The summed E-state index contributed by atoms with van der Waals surface area (Å²) >= 11 is 0. The fourth-order valence-corrected chi connectivity index (χ4v) is 4.05. The van der Waals surface area contributed by atoms with E-state index in [4.69, 9.17) is 5.11 Å². The third kappa shape index (κ3) is 2.77. The minimum Gasteiger partial charge on any atom is -0.481 e. The number of fused-ring (bicyclic) bond motifs is 1. The summed E-state index contributed by atoms with van der Waals surface area (Å²) in [5.74, 6) is -0.647. The highest BCUT2D eigenvalue weighted by Crippen LogP contribution is 2.49. The van der Waals surface area contributed by atoms with Crippen LogP contribution in [0.1, 0.15) is 37.2 Å². The van der Waals surface area contributed by atoms with Gasteiger partial charge in [0.1, 0.15) is 0 Å². The van der Waals surface area contributed by atoms with E-state index >= 15 is 0 Å². The lowest BCUT2D eigenvalue weighted by atomic mass is 10.00. The molecule has 0 saturated heterocycles. The Bertz CT molecular complexity index is 795. The maximum atomic E-state index is 12.5. The Morgan fingerprint density at radius 1 is 1.00 bits per heavy atom. The van der Waals surface area contributed by atoms with E-state index in [9.17, 15) is 9.59 Å². The third-order valence-electron chi connectivity index (χ3n) is 5.48. The molecule has 2 N–H and O–H groups in total. The molecule has 1 amide bonds. The quantitative estimate of drug-likeness (QED) is 0.907. The van der Waals surface area contributed by atoms with E-state index in [1.165, 1.54) is 16.3 Å². The van der Waals surface area contributed by atoms with Gasteiger partial charge >= 0.3 is 5.97 Å². The second-order valence-electron chi connectivity index (χ2n) is 7.07. The molecule has 2 saturated carbocycles.